The van der Waals surface area contributed by atoms with E-state index in [1.807, 2.05) is 6.92 Å². The SMILES string of the molecule is C=C1CC[C@@H]2[C@](C)(CCC(OC(=O)/C(C)=C\C)[C@@]2(C)CO[C@@H]2O[C@H](CO)[C@@H](O)[C@H](O)[C@H]2O)[C@H]1CCC1=CC(=O)OC1. The lowest BCUT2D eigenvalue weighted by molar-refractivity contribution is -0.313. The highest BCUT2D eigenvalue weighted by molar-refractivity contribution is 5.87. The Kier molecular flexibility index (Phi) is 9.83. The number of esters is 2. The van der Waals surface area contributed by atoms with Crippen molar-refractivity contribution < 1.29 is 49.0 Å². The second-order valence-electron chi connectivity index (χ2n) is 12.7. The molecular formula is C31H46O10. The molecule has 2 saturated carbocycles. The van der Waals surface area contributed by atoms with Crippen molar-refractivity contribution in [3.05, 3.63) is 35.5 Å². The molecule has 3 fully saturated rings. The number of carbonyl (C=O) groups excluding carboxylic acids is 2. The fourth-order valence-corrected chi connectivity index (χ4v) is 7.59. The van der Waals surface area contributed by atoms with Crippen LogP contribution in [0.15, 0.2) is 35.5 Å². The van der Waals surface area contributed by atoms with E-state index < -0.39 is 54.8 Å². The Morgan fingerprint density at radius 2 is 1.93 bits per heavy atom. The van der Waals surface area contributed by atoms with Crippen molar-refractivity contribution in [3.8, 4) is 0 Å². The minimum atomic E-state index is -1.55. The van der Waals surface area contributed by atoms with Gasteiger partial charge in [-0.1, -0.05) is 32.1 Å². The summed E-state index contributed by atoms with van der Waals surface area (Å²) >= 11 is 0. The largest absolute Gasteiger partial charge is 0.458 e. The molecule has 2 aliphatic heterocycles. The normalized spacial score (nSPS) is 41.5. The third kappa shape index (κ3) is 6.19. The molecule has 10 heteroatoms. The molecule has 4 rings (SSSR count). The maximum absolute atomic E-state index is 12.9. The van der Waals surface area contributed by atoms with E-state index in [1.165, 1.54) is 5.57 Å². The van der Waals surface area contributed by atoms with Crippen LogP contribution in [0.3, 0.4) is 0 Å². The summed E-state index contributed by atoms with van der Waals surface area (Å²) in [6.07, 6.45) is 0.419. The van der Waals surface area contributed by atoms with E-state index in [-0.39, 0.29) is 29.8 Å². The molecule has 0 aromatic carbocycles. The lowest BCUT2D eigenvalue weighted by Gasteiger charge is -2.61. The first-order chi connectivity index (χ1) is 19.3. The van der Waals surface area contributed by atoms with E-state index in [2.05, 4.69) is 13.5 Å². The Labute approximate surface area is 242 Å². The highest BCUT2D eigenvalue weighted by Crippen LogP contribution is 2.62. The summed E-state index contributed by atoms with van der Waals surface area (Å²) in [5.41, 5.74) is 1.76. The quantitative estimate of drug-likeness (QED) is 0.182. The number of hydrogen-bond acceptors (Lipinski definition) is 10. The van der Waals surface area contributed by atoms with Gasteiger partial charge < -0.3 is 39.4 Å². The number of aliphatic hydroxyl groups is 4. The predicted octanol–water partition coefficient (Wildman–Crippen LogP) is 2.33. The molecule has 0 amide bonds. The fraction of sp³-hybridized carbons (Fsp3) is 0.742. The lowest BCUT2D eigenvalue weighted by Crippen LogP contribution is -2.61. The number of hydrogen-bond donors (Lipinski definition) is 4. The molecule has 0 radical (unpaired) electrons. The maximum atomic E-state index is 12.9. The molecule has 1 saturated heterocycles. The van der Waals surface area contributed by atoms with Crippen LogP contribution in [0.2, 0.25) is 0 Å². The molecule has 2 aliphatic carbocycles. The predicted molar refractivity (Wildman–Crippen MR) is 148 cm³/mol. The van der Waals surface area contributed by atoms with Gasteiger partial charge in [0.2, 0.25) is 0 Å². The Morgan fingerprint density at radius 3 is 2.56 bits per heavy atom. The molecule has 4 aliphatic rings. The van der Waals surface area contributed by atoms with E-state index in [1.54, 1.807) is 26.0 Å². The molecule has 10 nitrogen and oxygen atoms in total. The summed E-state index contributed by atoms with van der Waals surface area (Å²) in [5.74, 6) is -0.486. The molecule has 230 valence electrons. The molecule has 0 bridgehead atoms. The number of ether oxygens (including phenoxy) is 4. The van der Waals surface area contributed by atoms with E-state index in [0.29, 0.717) is 18.6 Å². The van der Waals surface area contributed by atoms with Crippen molar-refractivity contribution in [2.45, 2.75) is 103 Å². The number of rotatable bonds is 9. The molecule has 0 aromatic rings. The van der Waals surface area contributed by atoms with Crippen LogP contribution in [0, 0.1) is 22.7 Å². The van der Waals surface area contributed by atoms with E-state index in [4.69, 9.17) is 18.9 Å². The third-order valence-electron chi connectivity index (χ3n) is 10.2. The van der Waals surface area contributed by atoms with Crippen LogP contribution in [0.5, 0.6) is 0 Å². The summed E-state index contributed by atoms with van der Waals surface area (Å²) in [4.78, 5) is 24.5. The van der Waals surface area contributed by atoms with Crippen molar-refractivity contribution in [2.75, 3.05) is 19.8 Å². The van der Waals surface area contributed by atoms with Crippen LogP contribution in [0.4, 0.5) is 0 Å². The second kappa shape index (κ2) is 12.7. The van der Waals surface area contributed by atoms with Gasteiger partial charge >= 0.3 is 11.9 Å². The van der Waals surface area contributed by atoms with Crippen LogP contribution in [0.1, 0.15) is 66.2 Å². The van der Waals surface area contributed by atoms with Crippen LogP contribution < -0.4 is 0 Å². The van der Waals surface area contributed by atoms with Crippen molar-refractivity contribution >= 4 is 11.9 Å². The van der Waals surface area contributed by atoms with Gasteiger partial charge in [-0.05, 0) is 75.2 Å². The average molecular weight is 579 g/mol. The Morgan fingerprint density at radius 1 is 1.20 bits per heavy atom. The minimum Gasteiger partial charge on any atom is -0.458 e. The number of allylic oxidation sites excluding steroid dienone is 2. The lowest BCUT2D eigenvalue weighted by atomic mass is 9.46. The number of carbonyl (C=O) groups is 2. The zero-order chi connectivity index (χ0) is 30.1. The highest BCUT2D eigenvalue weighted by Gasteiger charge is 2.59. The monoisotopic (exact) mass is 578 g/mol. The molecular weight excluding hydrogens is 532 g/mol. The van der Waals surface area contributed by atoms with E-state index in [0.717, 1.165) is 37.7 Å². The molecule has 1 unspecified atom stereocenters. The van der Waals surface area contributed by atoms with Gasteiger partial charge in [0.25, 0.3) is 0 Å². The van der Waals surface area contributed by atoms with Gasteiger partial charge in [0.1, 0.15) is 37.1 Å². The number of aliphatic hydroxyl groups excluding tert-OH is 4. The second-order valence-corrected chi connectivity index (χ2v) is 12.7. The molecule has 2 heterocycles. The van der Waals surface area contributed by atoms with Crippen LogP contribution in [-0.4, -0.2) is 89.0 Å². The average Bonchev–Trinajstić information content (AvgIpc) is 3.36. The van der Waals surface area contributed by atoms with Gasteiger partial charge in [0.15, 0.2) is 6.29 Å². The molecule has 0 spiro atoms. The Bertz CT molecular complexity index is 1070. The highest BCUT2D eigenvalue weighted by atomic mass is 16.7. The smallest absolute Gasteiger partial charge is 0.333 e. The number of fused-ring (bicyclic) bond motifs is 1. The zero-order valence-electron chi connectivity index (χ0n) is 24.6. The summed E-state index contributed by atoms with van der Waals surface area (Å²) in [6.45, 7) is 12.1. The van der Waals surface area contributed by atoms with Crippen LogP contribution >= 0.6 is 0 Å². The Hall–Kier alpha value is -2.08. The first-order valence-corrected chi connectivity index (χ1v) is 14.7. The third-order valence-corrected chi connectivity index (χ3v) is 10.2. The van der Waals surface area contributed by atoms with Gasteiger partial charge in [-0.3, -0.25) is 0 Å². The zero-order valence-corrected chi connectivity index (χ0v) is 24.6. The molecule has 4 N–H and O–H groups in total. The van der Waals surface area contributed by atoms with E-state index >= 15 is 0 Å². The minimum absolute atomic E-state index is 0.0447. The standard InChI is InChI=1S/C31H46O10/c1-6-17(2)28(37)41-23-11-12-30(4)20(9-8-19-13-24(33)38-15-19)18(3)7-10-22(30)31(23,5)16-39-29-27(36)26(35)25(34)21(14-32)40-29/h6,13,20-23,25-27,29,32,34-36H,3,7-12,14-16H2,1-2,4-5H3/b17-6-/t20-,21+,22+,23?,25+,26-,27+,29+,30+,31-/m0/s1. The maximum Gasteiger partial charge on any atom is 0.333 e. The summed E-state index contributed by atoms with van der Waals surface area (Å²) < 4.78 is 23.0. The fourth-order valence-electron chi connectivity index (χ4n) is 7.59. The molecule has 41 heavy (non-hydrogen) atoms. The number of cyclic esters (lactones) is 1. The van der Waals surface area contributed by atoms with Gasteiger partial charge in [-0.25, -0.2) is 9.59 Å². The van der Waals surface area contributed by atoms with Gasteiger partial charge in [-0.15, -0.1) is 0 Å². The molecule has 10 atom stereocenters. The Balaban J connectivity index is 1.61. The van der Waals surface area contributed by atoms with Crippen LogP contribution in [-0.2, 0) is 28.5 Å². The first kappa shape index (κ1) is 31.8. The first-order valence-electron chi connectivity index (χ1n) is 14.7. The van der Waals surface area contributed by atoms with Crippen molar-refractivity contribution in [1.82, 2.24) is 0 Å². The van der Waals surface area contributed by atoms with Gasteiger partial charge in [0, 0.05) is 17.1 Å². The van der Waals surface area contributed by atoms with Gasteiger partial charge in [-0.2, -0.15) is 0 Å². The van der Waals surface area contributed by atoms with Gasteiger partial charge in [0.05, 0.1) is 13.2 Å². The van der Waals surface area contributed by atoms with Crippen molar-refractivity contribution in [3.63, 3.8) is 0 Å². The summed E-state index contributed by atoms with van der Waals surface area (Å²) in [7, 11) is 0. The van der Waals surface area contributed by atoms with E-state index in [9.17, 15) is 30.0 Å². The topological polar surface area (TPSA) is 152 Å². The summed E-state index contributed by atoms with van der Waals surface area (Å²) in [5, 5.41) is 40.7. The summed E-state index contributed by atoms with van der Waals surface area (Å²) in [6, 6.07) is 0. The van der Waals surface area contributed by atoms with Crippen molar-refractivity contribution in [1.29, 1.82) is 0 Å². The van der Waals surface area contributed by atoms with Crippen LogP contribution in [0.25, 0.3) is 0 Å². The van der Waals surface area contributed by atoms with Crippen molar-refractivity contribution in [2.24, 2.45) is 22.7 Å². The molecule has 0 aromatic heterocycles.